The minimum atomic E-state index is -0.413. The SMILES string of the molecule is Br.CCOc1cc(N2CCN(C(=NCCN3CCN(c4ccc(F)cc4)CC3)NCCc3ccc(Cl)cc3Cl)CC2)ccc1[N+](=O)[O-]. The lowest BCUT2D eigenvalue weighted by Gasteiger charge is -2.38. The van der Waals surface area contributed by atoms with E-state index in [1.54, 1.807) is 18.2 Å². The Morgan fingerprint density at radius 1 is 0.936 bits per heavy atom. The summed E-state index contributed by atoms with van der Waals surface area (Å²) < 4.78 is 18.9. The minimum Gasteiger partial charge on any atom is -0.487 e. The highest BCUT2D eigenvalue weighted by Crippen LogP contribution is 2.32. The van der Waals surface area contributed by atoms with Crippen LogP contribution in [0.5, 0.6) is 5.75 Å². The molecule has 47 heavy (non-hydrogen) atoms. The van der Waals surface area contributed by atoms with Gasteiger partial charge in [-0.05, 0) is 61.4 Å². The second-order valence-electron chi connectivity index (χ2n) is 11.2. The van der Waals surface area contributed by atoms with Crippen molar-refractivity contribution in [2.24, 2.45) is 4.99 Å². The summed E-state index contributed by atoms with van der Waals surface area (Å²) in [6.07, 6.45) is 0.726. The molecule has 0 spiro atoms. The van der Waals surface area contributed by atoms with E-state index < -0.39 is 4.92 Å². The summed E-state index contributed by atoms with van der Waals surface area (Å²) in [6, 6.07) is 17.3. The first kappa shape index (κ1) is 36.5. The summed E-state index contributed by atoms with van der Waals surface area (Å²) in [5.41, 5.74) is 2.94. The van der Waals surface area contributed by atoms with Crippen molar-refractivity contribution in [1.82, 2.24) is 15.1 Å². The molecule has 3 aromatic carbocycles. The van der Waals surface area contributed by atoms with E-state index in [0.29, 0.717) is 29.7 Å². The third-order valence-electron chi connectivity index (χ3n) is 8.32. The molecule has 0 bridgehead atoms. The third-order valence-corrected chi connectivity index (χ3v) is 8.91. The molecule has 0 atom stereocenters. The summed E-state index contributed by atoms with van der Waals surface area (Å²) in [4.78, 5) is 25.2. The largest absolute Gasteiger partial charge is 0.487 e. The Labute approximate surface area is 296 Å². The van der Waals surface area contributed by atoms with Gasteiger partial charge in [0, 0.05) is 99.0 Å². The summed E-state index contributed by atoms with van der Waals surface area (Å²) in [7, 11) is 0. The van der Waals surface area contributed by atoms with E-state index in [-0.39, 0.29) is 34.2 Å². The fourth-order valence-electron chi connectivity index (χ4n) is 5.78. The Morgan fingerprint density at radius 3 is 2.26 bits per heavy atom. The molecule has 0 radical (unpaired) electrons. The molecule has 0 unspecified atom stereocenters. The van der Waals surface area contributed by atoms with Gasteiger partial charge in [0.25, 0.3) is 0 Å². The van der Waals surface area contributed by atoms with Gasteiger partial charge >= 0.3 is 5.69 Å². The minimum absolute atomic E-state index is 0. The zero-order valence-corrected chi connectivity index (χ0v) is 29.6. The normalized spacial score (nSPS) is 15.7. The average molecular weight is 754 g/mol. The number of ether oxygens (including phenoxy) is 1. The number of hydrogen-bond acceptors (Lipinski definition) is 7. The van der Waals surface area contributed by atoms with Crippen LogP contribution in [0, 0.1) is 15.9 Å². The number of nitro benzene ring substituents is 1. The maximum atomic E-state index is 13.3. The smallest absolute Gasteiger partial charge is 0.311 e. The number of nitrogens with one attached hydrogen (secondary N) is 1. The Hall–Kier alpha value is -3.32. The van der Waals surface area contributed by atoms with E-state index in [2.05, 4.69) is 24.9 Å². The van der Waals surface area contributed by atoms with E-state index in [1.807, 2.05) is 31.2 Å². The Bertz CT molecular complexity index is 1500. The number of halogens is 4. The van der Waals surface area contributed by atoms with Crippen LogP contribution in [0.25, 0.3) is 0 Å². The Morgan fingerprint density at radius 2 is 1.60 bits per heavy atom. The number of guanidine groups is 1. The maximum absolute atomic E-state index is 13.3. The molecular formula is C33H41BrCl2FN7O3. The molecule has 0 aromatic heterocycles. The lowest BCUT2D eigenvalue weighted by molar-refractivity contribution is -0.385. The van der Waals surface area contributed by atoms with Crippen molar-refractivity contribution in [1.29, 1.82) is 0 Å². The van der Waals surface area contributed by atoms with Crippen molar-refractivity contribution in [2.75, 3.05) is 88.4 Å². The molecule has 14 heteroatoms. The molecule has 0 aliphatic carbocycles. The van der Waals surface area contributed by atoms with Gasteiger partial charge in [-0.3, -0.25) is 20.0 Å². The first-order valence-corrected chi connectivity index (χ1v) is 16.4. The zero-order valence-electron chi connectivity index (χ0n) is 26.4. The first-order chi connectivity index (χ1) is 22.3. The highest BCUT2D eigenvalue weighted by atomic mass is 79.9. The van der Waals surface area contributed by atoms with Gasteiger partial charge in [-0.25, -0.2) is 4.39 Å². The summed E-state index contributed by atoms with van der Waals surface area (Å²) in [5, 5.41) is 16.3. The van der Waals surface area contributed by atoms with Gasteiger partial charge in [0.05, 0.1) is 18.1 Å². The standard InChI is InChI=1S/C33H40Cl2FN7O3.BrH/c1-2-46-32-24-29(9-10-31(32)43(44)45)41-19-21-42(22-20-41)33(37-12-11-25-3-4-26(34)23-30(25)35)38-13-14-39-15-17-40(18-16-39)28-7-5-27(36)6-8-28;/h3-10,23-24H,2,11-22H2,1H3,(H,37,38);1H. The fraction of sp³-hybridized carbons (Fsp3) is 0.424. The van der Waals surface area contributed by atoms with E-state index >= 15 is 0 Å². The van der Waals surface area contributed by atoms with Gasteiger partial charge in [0.15, 0.2) is 11.7 Å². The second-order valence-corrected chi connectivity index (χ2v) is 12.1. The van der Waals surface area contributed by atoms with Crippen molar-refractivity contribution >= 4 is 63.2 Å². The molecule has 254 valence electrons. The number of nitrogens with zero attached hydrogens (tertiary/aromatic N) is 6. The molecular weight excluding hydrogens is 712 g/mol. The number of anilines is 2. The van der Waals surface area contributed by atoms with Crippen LogP contribution in [-0.4, -0.2) is 99.3 Å². The van der Waals surface area contributed by atoms with Gasteiger partial charge in [-0.2, -0.15) is 0 Å². The molecule has 0 saturated carbocycles. The zero-order chi connectivity index (χ0) is 32.5. The number of aliphatic imine (C=N–C) groups is 1. The van der Waals surface area contributed by atoms with E-state index in [4.69, 9.17) is 32.9 Å². The molecule has 10 nitrogen and oxygen atoms in total. The average Bonchev–Trinajstić information content (AvgIpc) is 3.06. The lowest BCUT2D eigenvalue weighted by atomic mass is 10.1. The molecule has 3 aromatic rings. The predicted molar refractivity (Wildman–Crippen MR) is 194 cm³/mol. The van der Waals surface area contributed by atoms with Crippen LogP contribution < -0.4 is 19.9 Å². The molecule has 2 heterocycles. The predicted octanol–water partition coefficient (Wildman–Crippen LogP) is 6.15. The molecule has 2 saturated heterocycles. The Balaban J connectivity index is 0.00000500. The number of hydrogen-bond donors (Lipinski definition) is 1. The molecule has 1 N–H and O–H groups in total. The van der Waals surface area contributed by atoms with E-state index in [1.165, 1.54) is 18.2 Å². The summed E-state index contributed by atoms with van der Waals surface area (Å²) in [6.45, 7) is 10.9. The molecule has 0 amide bonds. The maximum Gasteiger partial charge on any atom is 0.311 e. The third kappa shape index (κ3) is 10.1. The molecule has 2 aliphatic rings. The van der Waals surface area contributed by atoms with Crippen LogP contribution in [0.2, 0.25) is 10.0 Å². The lowest BCUT2D eigenvalue weighted by Crippen LogP contribution is -2.53. The van der Waals surface area contributed by atoms with Crippen LogP contribution in [0.15, 0.2) is 65.7 Å². The monoisotopic (exact) mass is 751 g/mol. The van der Waals surface area contributed by atoms with Crippen LogP contribution in [-0.2, 0) is 6.42 Å². The van der Waals surface area contributed by atoms with Gasteiger partial charge in [-0.15, -0.1) is 17.0 Å². The van der Waals surface area contributed by atoms with Crippen molar-refractivity contribution in [3.05, 3.63) is 92.2 Å². The van der Waals surface area contributed by atoms with Crippen LogP contribution in [0.3, 0.4) is 0 Å². The quantitative estimate of drug-likeness (QED) is 0.108. The van der Waals surface area contributed by atoms with E-state index in [9.17, 15) is 14.5 Å². The van der Waals surface area contributed by atoms with Gasteiger partial charge in [0.1, 0.15) is 5.82 Å². The van der Waals surface area contributed by atoms with Crippen molar-refractivity contribution in [3.63, 3.8) is 0 Å². The number of piperazine rings is 2. The van der Waals surface area contributed by atoms with Crippen molar-refractivity contribution < 1.29 is 14.1 Å². The molecule has 2 fully saturated rings. The van der Waals surface area contributed by atoms with E-state index in [0.717, 1.165) is 88.2 Å². The Kier molecular flexibility index (Phi) is 13.8. The van der Waals surface area contributed by atoms with Gasteiger partial charge in [0.2, 0.25) is 0 Å². The number of benzene rings is 3. The van der Waals surface area contributed by atoms with Crippen molar-refractivity contribution in [3.8, 4) is 5.75 Å². The molecule has 2 aliphatic heterocycles. The number of rotatable bonds is 11. The summed E-state index contributed by atoms with van der Waals surface area (Å²) >= 11 is 12.5. The van der Waals surface area contributed by atoms with Crippen LogP contribution in [0.1, 0.15) is 12.5 Å². The van der Waals surface area contributed by atoms with Crippen LogP contribution in [0.4, 0.5) is 21.5 Å². The number of nitro groups is 1. The van der Waals surface area contributed by atoms with Gasteiger partial charge in [-0.1, -0.05) is 29.3 Å². The summed E-state index contributed by atoms with van der Waals surface area (Å²) in [5.74, 6) is 0.925. The fourth-order valence-corrected chi connectivity index (χ4v) is 6.28. The highest BCUT2D eigenvalue weighted by molar-refractivity contribution is 8.93. The highest BCUT2D eigenvalue weighted by Gasteiger charge is 2.23. The molecule has 5 rings (SSSR count). The topological polar surface area (TPSA) is 89.7 Å². The first-order valence-electron chi connectivity index (χ1n) is 15.7. The van der Waals surface area contributed by atoms with Crippen molar-refractivity contribution in [2.45, 2.75) is 13.3 Å². The van der Waals surface area contributed by atoms with Gasteiger partial charge < -0.3 is 24.8 Å². The van der Waals surface area contributed by atoms with Crippen LogP contribution >= 0.6 is 40.2 Å². The second kappa shape index (κ2) is 17.7.